The first-order valence-corrected chi connectivity index (χ1v) is 5.13. The van der Waals surface area contributed by atoms with Gasteiger partial charge in [-0.1, -0.05) is 30.3 Å². The van der Waals surface area contributed by atoms with Crippen molar-refractivity contribution in [3.05, 3.63) is 56.9 Å². The third kappa shape index (κ3) is 2.41. The molecule has 1 aromatic heterocycles. The zero-order valence-electron chi connectivity index (χ0n) is 9.30. The van der Waals surface area contributed by atoms with E-state index in [0.29, 0.717) is 0 Å². The highest BCUT2D eigenvalue weighted by Crippen LogP contribution is 1.98. The molecule has 0 radical (unpaired) electrons. The molecule has 6 nitrogen and oxygen atoms in total. The summed E-state index contributed by atoms with van der Waals surface area (Å²) >= 11 is 0. The van der Waals surface area contributed by atoms with Crippen molar-refractivity contribution < 1.29 is 0 Å². The summed E-state index contributed by atoms with van der Waals surface area (Å²) < 4.78 is 1.05. The van der Waals surface area contributed by atoms with Crippen LogP contribution in [0.4, 0.5) is 5.95 Å². The molecule has 2 aromatic rings. The van der Waals surface area contributed by atoms with Crippen molar-refractivity contribution in [1.29, 1.82) is 0 Å². The van der Waals surface area contributed by atoms with Crippen LogP contribution in [-0.2, 0) is 6.54 Å². The molecule has 0 fully saturated rings. The van der Waals surface area contributed by atoms with Gasteiger partial charge in [0.2, 0.25) is 5.95 Å². The molecule has 0 amide bonds. The second-order valence-corrected chi connectivity index (χ2v) is 3.49. The summed E-state index contributed by atoms with van der Waals surface area (Å²) in [5.74, 6) is 0.171. The number of hydrogen-bond acceptors (Lipinski definition) is 4. The van der Waals surface area contributed by atoms with Crippen molar-refractivity contribution in [3.63, 3.8) is 0 Å². The lowest BCUT2D eigenvalue weighted by molar-refractivity contribution is 0.668. The zero-order chi connectivity index (χ0) is 12.3. The normalized spacial score (nSPS) is 10.2. The lowest BCUT2D eigenvalue weighted by Gasteiger charge is -2.04. The predicted octanol–water partition coefficient (Wildman–Crippen LogP) is 0.0216. The van der Waals surface area contributed by atoms with E-state index in [2.05, 4.69) is 15.3 Å². The Morgan fingerprint density at radius 2 is 2.00 bits per heavy atom. The van der Waals surface area contributed by atoms with Crippen LogP contribution in [0.2, 0.25) is 0 Å². The van der Waals surface area contributed by atoms with Gasteiger partial charge in [-0.2, -0.15) is 4.98 Å². The highest BCUT2D eigenvalue weighted by Gasteiger charge is 2.05. The number of H-pyrrole nitrogens is 1. The number of nitrogens with zero attached hydrogens (tertiary/aromatic N) is 2. The smallest absolute Gasteiger partial charge is 0.355 e. The highest BCUT2D eigenvalue weighted by molar-refractivity contribution is 5.19. The first-order valence-electron chi connectivity index (χ1n) is 5.13. The van der Waals surface area contributed by atoms with Crippen LogP contribution in [0.1, 0.15) is 5.56 Å². The molecule has 0 saturated heterocycles. The zero-order valence-corrected chi connectivity index (χ0v) is 9.30. The van der Waals surface area contributed by atoms with Crippen molar-refractivity contribution in [1.82, 2.24) is 14.5 Å². The van der Waals surface area contributed by atoms with E-state index in [9.17, 15) is 9.59 Å². The Bertz CT molecular complexity index is 584. The Balaban J connectivity index is 2.41. The van der Waals surface area contributed by atoms with Gasteiger partial charge in [0.15, 0.2) is 0 Å². The van der Waals surface area contributed by atoms with Crippen LogP contribution in [0.5, 0.6) is 0 Å². The second-order valence-electron chi connectivity index (χ2n) is 3.49. The largest absolute Gasteiger partial charge is 0.359 e. The maximum Gasteiger partial charge on any atom is 0.355 e. The fourth-order valence-electron chi connectivity index (χ4n) is 1.46. The fourth-order valence-corrected chi connectivity index (χ4v) is 1.46. The third-order valence-corrected chi connectivity index (χ3v) is 2.33. The first kappa shape index (κ1) is 11.1. The van der Waals surface area contributed by atoms with E-state index in [-0.39, 0.29) is 12.5 Å². The molecule has 17 heavy (non-hydrogen) atoms. The van der Waals surface area contributed by atoms with E-state index in [1.807, 2.05) is 30.3 Å². The Labute approximate surface area is 97.0 Å². The van der Waals surface area contributed by atoms with E-state index in [0.717, 1.165) is 10.1 Å². The average molecular weight is 232 g/mol. The molecule has 0 aliphatic heterocycles. The Morgan fingerprint density at radius 1 is 1.29 bits per heavy atom. The molecule has 2 N–H and O–H groups in total. The van der Waals surface area contributed by atoms with Gasteiger partial charge in [0.05, 0.1) is 6.54 Å². The number of anilines is 1. The molecule has 1 heterocycles. The number of nitrogens with one attached hydrogen (secondary N) is 2. The molecule has 88 valence electrons. The van der Waals surface area contributed by atoms with Gasteiger partial charge in [-0.05, 0) is 5.56 Å². The maximum atomic E-state index is 11.7. The summed E-state index contributed by atoms with van der Waals surface area (Å²) in [5, 5.41) is 2.62. The van der Waals surface area contributed by atoms with E-state index >= 15 is 0 Å². The highest BCUT2D eigenvalue weighted by atomic mass is 16.2. The van der Waals surface area contributed by atoms with Gasteiger partial charge in [0, 0.05) is 7.05 Å². The van der Waals surface area contributed by atoms with Gasteiger partial charge in [0.1, 0.15) is 0 Å². The van der Waals surface area contributed by atoms with Crippen molar-refractivity contribution >= 4 is 5.95 Å². The number of aromatic amines is 1. The lowest BCUT2D eigenvalue weighted by Crippen LogP contribution is -2.37. The number of aromatic nitrogens is 3. The van der Waals surface area contributed by atoms with Crippen LogP contribution in [-0.4, -0.2) is 21.6 Å². The summed E-state index contributed by atoms with van der Waals surface area (Å²) in [6.45, 7) is 0.214. The number of rotatable bonds is 3. The van der Waals surface area contributed by atoms with Gasteiger partial charge in [0.25, 0.3) is 0 Å². The van der Waals surface area contributed by atoms with E-state index in [4.69, 9.17) is 0 Å². The third-order valence-electron chi connectivity index (χ3n) is 2.33. The molecule has 6 heteroatoms. The van der Waals surface area contributed by atoms with Crippen LogP contribution < -0.4 is 16.7 Å². The van der Waals surface area contributed by atoms with E-state index in [1.165, 1.54) is 0 Å². The van der Waals surface area contributed by atoms with Gasteiger partial charge in [-0.3, -0.25) is 4.98 Å². The molecular formula is C11H12N4O2. The molecule has 0 atom stereocenters. The molecule has 2 rings (SSSR count). The summed E-state index contributed by atoms with van der Waals surface area (Å²) in [5.41, 5.74) is -0.167. The van der Waals surface area contributed by atoms with Crippen LogP contribution in [0.25, 0.3) is 0 Å². The molecule has 0 bridgehead atoms. The molecule has 1 aromatic carbocycles. The number of hydrogen-bond donors (Lipinski definition) is 2. The van der Waals surface area contributed by atoms with Gasteiger partial charge < -0.3 is 5.32 Å². The minimum Gasteiger partial charge on any atom is -0.359 e. The van der Waals surface area contributed by atoms with Crippen molar-refractivity contribution in [2.24, 2.45) is 0 Å². The first-order chi connectivity index (χ1) is 8.20. The second kappa shape index (κ2) is 4.65. The molecule has 0 aliphatic carbocycles. The van der Waals surface area contributed by atoms with Crippen LogP contribution >= 0.6 is 0 Å². The fraction of sp³-hybridized carbons (Fsp3) is 0.182. The van der Waals surface area contributed by atoms with Crippen LogP contribution in [0.3, 0.4) is 0 Å². The Morgan fingerprint density at radius 3 is 2.59 bits per heavy atom. The summed E-state index contributed by atoms with van der Waals surface area (Å²) in [7, 11) is 1.58. The molecule has 0 aliphatic rings. The quantitative estimate of drug-likeness (QED) is 0.782. The van der Waals surface area contributed by atoms with E-state index < -0.39 is 11.4 Å². The number of benzene rings is 1. The van der Waals surface area contributed by atoms with Gasteiger partial charge >= 0.3 is 11.4 Å². The molecular weight excluding hydrogens is 220 g/mol. The summed E-state index contributed by atoms with van der Waals surface area (Å²) in [6, 6.07) is 9.27. The Hall–Kier alpha value is -2.37. The monoisotopic (exact) mass is 232 g/mol. The van der Waals surface area contributed by atoms with Crippen LogP contribution in [0.15, 0.2) is 39.9 Å². The van der Waals surface area contributed by atoms with E-state index in [1.54, 1.807) is 7.05 Å². The lowest BCUT2D eigenvalue weighted by atomic mass is 10.2. The molecule has 0 saturated carbocycles. The van der Waals surface area contributed by atoms with Crippen LogP contribution in [0, 0.1) is 0 Å². The molecule has 0 unspecified atom stereocenters. The van der Waals surface area contributed by atoms with Crippen molar-refractivity contribution in [2.45, 2.75) is 6.54 Å². The predicted molar refractivity (Wildman–Crippen MR) is 64.2 cm³/mol. The Kier molecular flexibility index (Phi) is 3.04. The van der Waals surface area contributed by atoms with Gasteiger partial charge in [-0.15, -0.1) is 0 Å². The molecule has 0 spiro atoms. The van der Waals surface area contributed by atoms with Crippen molar-refractivity contribution in [3.8, 4) is 0 Å². The average Bonchev–Trinajstić information content (AvgIpc) is 2.35. The SMILES string of the molecule is CNc1nc(=O)n(Cc2ccccc2)c(=O)[nH]1. The van der Waals surface area contributed by atoms with Gasteiger partial charge in [-0.25, -0.2) is 14.2 Å². The maximum absolute atomic E-state index is 11.7. The summed E-state index contributed by atoms with van der Waals surface area (Å²) in [4.78, 5) is 29.4. The summed E-state index contributed by atoms with van der Waals surface area (Å²) in [6.07, 6.45) is 0. The topological polar surface area (TPSA) is 79.8 Å². The standard InChI is InChI=1S/C11H12N4O2/c1-12-9-13-10(16)15(11(17)14-9)7-8-5-3-2-4-6-8/h2-6H,7H2,1H3,(H2,12,13,14,16,17). The minimum absolute atomic E-state index is 0.171. The van der Waals surface area contributed by atoms with Crippen molar-refractivity contribution in [2.75, 3.05) is 12.4 Å². The minimum atomic E-state index is -0.568.